The number of ether oxygens (including phenoxy) is 1. The van der Waals surface area contributed by atoms with Gasteiger partial charge in [-0.15, -0.1) is 11.3 Å². The topological polar surface area (TPSA) is 102 Å². The van der Waals surface area contributed by atoms with E-state index >= 15 is 0 Å². The van der Waals surface area contributed by atoms with Crippen LogP contribution in [0.3, 0.4) is 0 Å². The van der Waals surface area contributed by atoms with Crippen LogP contribution in [0.5, 0.6) is 0 Å². The van der Waals surface area contributed by atoms with Crippen molar-refractivity contribution in [2.45, 2.75) is 37.9 Å². The van der Waals surface area contributed by atoms with Gasteiger partial charge in [0.05, 0.1) is 24.9 Å². The summed E-state index contributed by atoms with van der Waals surface area (Å²) in [5.74, 6) is -0.842. The summed E-state index contributed by atoms with van der Waals surface area (Å²) in [4.78, 5) is 27.8. The molecule has 2 aromatic rings. The lowest BCUT2D eigenvalue weighted by Crippen LogP contribution is -2.36. The van der Waals surface area contributed by atoms with E-state index in [4.69, 9.17) is 4.74 Å². The van der Waals surface area contributed by atoms with Gasteiger partial charge in [0.25, 0.3) is 15.9 Å². The first kappa shape index (κ1) is 22.4. The fourth-order valence-electron chi connectivity index (χ4n) is 3.70. The Kier molecular flexibility index (Phi) is 6.34. The number of sulfonamides is 1. The predicted octanol–water partition coefficient (Wildman–Crippen LogP) is 1.81. The Hall–Kier alpha value is -2.24. The Bertz CT molecular complexity index is 1080. The Morgan fingerprint density at radius 3 is 2.50 bits per heavy atom. The molecule has 2 aromatic heterocycles. The van der Waals surface area contributed by atoms with Crippen LogP contribution in [0, 0.1) is 6.92 Å². The molecule has 3 heterocycles. The van der Waals surface area contributed by atoms with Gasteiger partial charge in [0.15, 0.2) is 0 Å². The van der Waals surface area contributed by atoms with Crippen LogP contribution in [0.25, 0.3) is 0 Å². The number of fused-ring (bicyclic) bond motifs is 1. The highest BCUT2D eigenvalue weighted by Gasteiger charge is 2.37. The summed E-state index contributed by atoms with van der Waals surface area (Å²) in [6.45, 7) is 6.53. The molecule has 0 saturated carbocycles. The van der Waals surface area contributed by atoms with Crippen LogP contribution < -0.4 is 0 Å². The van der Waals surface area contributed by atoms with Gasteiger partial charge in [0.1, 0.15) is 9.90 Å². The number of methoxy groups -OCH3 is 1. The molecule has 1 aliphatic rings. The molecule has 0 spiro atoms. The van der Waals surface area contributed by atoms with Crippen molar-refractivity contribution in [1.82, 2.24) is 19.0 Å². The van der Waals surface area contributed by atoms with E-state index in [1.165, 1.54) is 16.1 Å². The average Bonchev–Trinajstić information content (AvgIpc) is 3.26. The van der Waals surface area contributed by atoms with Crippen molar-refractivity contribution < 1.29 is 22.7 Å². The summed E-state index contributed by atoms with van der Waals surface area (Å²) >= 11 is 1.05. The maximum absolute atomic E-state index is 13.2. The monoisotopic (exact) mass is 454 g/mol. The number of thiophene rings is 1. The lowest BCUT2D eigenvalue weighted by Gasteiger charge is -2.27. The average molecular weight is 455 g/mol. The maximum atomic E-state index is 13.2. The minimum atomic E-state index is -3.84. The zero-order valence-corrected chi connectivity index (χ0v) is 19.4. The number of carbonyl (C=O) groups is 2. The van der Waals surface area contributed by atoms with Gasteiger partial charge in [0.2, 0.25) is 0 Å². The molecular formula is C19H26N4O5S2. The molecule has 0 N–H and O–H groups in total. The quantitative estimate of drug-likeness (QED) is 0.617. The number of rotatable bonds is 6. The van der Waals surface area contributed by atoms with Crippen molar-refractivity contribution in [1.29, 1.82) is 0 Å². The highest BCUT2D eigenvalue weighted by Crippen LogP contribution is 2.38. The third kappa shape index (κ3) is 3.77. The maximum Gasteiger partial charge on any atom is 0.340 e. The van der Waals surface area contributed by atoms with Gasteiger partial charge in [-0.3, -0.25) is 9.48 Å². The van der Waals surface area contributed by atoms with Crippen LogP contribution in [-0.4, -0.2) is 66.0 Å². The molecule has 0 radical (unpaired) electrons. The predicted molar refractivity (Wildman–Crippen MR) is 112 cm³/mol. The van der Waals surface area contributed by atoms with Gasteiger partial charge < -0.3 is 9.64 Å². The van der Waals surface area contributed by atoms with Crippen LogP contribution in [-0.2, 0) is 34.8 Å². The molecular weight excluding hydrogens is 428 g/mol. The van der Waals surface area contributed by atoms with Crippen molar-refractivity contribution in [3.8, 4) is 0 Å². The molecule has 9 nitrogen and oxygen atoms in total. The normalized spacial score (nSPS) is 14.1. The lowest BCUT2D eigenvalue weighted by molar-refractivity contribution is 0.0595. The Balaban J connectivity index is 2.03. The molecule has 11 heteroatoms. The van der Waals surface area contributed by atoms with Gasteiger partial charge in [0, 0.05) is 31.6 Å². The van der Waals surface area contributed by atoms with Gasteiger partial charge >= 0.3 is 5.97 Å². The largest absolute Gasteiger partial charge is 0.465 e. The highest BCUT2D eigenvalue weighted by atomic mass is 32.2. The van der Waals surface area contributed by atoms with Crippen molar-refractivity contribution in [3.05, 3.63) is 33.5 Å². The Morgan fingerprint density at radius 1 is 1.30 bits per heavy atom. The van der Waals surface area contributed by atoms with E-state index in [-0.39, 0.29) is 22.2 Å². The van der Waals surface area contributed by atoms with E-state index < -0.39 is 16.0 Å². The van der Waals surface area contributed by atoms with E-state index in [1.807, 2.05) is 6.92 Å². The van der Waals surface area contributed by atoms with Crippen molar-refractivity contribution in [3.63, 3.8) is 0 Å². The number of carbonyl (C=O) groups excluding carboxylic acids is 2. The number of hydrogen-bond acceptors (Lipinski definition) is 7. The van der Waals surface area contributed by atoms with E-state index in [0.29, 0.717) is 42.2 Å². The number of amides is 1. The van der Waals surface area contributed by atoms with Crippen LogP contribution in [0.2, 0.25) is 0 Å². The smallest absolute Gasteiger partial charge is 0.340 e. The lowest BCUT2D eigenvalue weighted by atomic mass is 10.0. The van der Waals surface area contributed by atoms with Crippen LogP contribution in [0.15, 0.2) is 10.3 Å². The molecule has 1 aliphatic heterocycles. The number of aromatic nitrogens is 2. The number of aryl methyl sites for hydroxylation is 2. The van der Waals surface area contributed by atoms with Crippen molar-refractivity contribution in [2.24, 2.45) is 7.05 Å². The third-order valence-corrected chi connectivity index (χ3v) is 8.96. The van der Waals surface area contributed by atoms with Crippen LogP contribution in [0.1, 0.15) is 50.8 Å². The standard InChI is InChI=1S/C19H26N4O5S2/c1-6-23(7-2)30(26,27)19-16(18(25)28-5)13-8-9-22(11-15(13)29-19)17(24)14-10-12(3)20-21(14)4/h10H,6-9,11H2,1-5H3. The zero-order valence-electron chi connectivity index (χ0n) is 17.8. The van der Waals surface area contributed by atoms with E-state index in [9.17, 15) is 18.0 Å². The highest BCUT2D eigenvalue weighted by molar-refractivity contribution is 7.91. The Labute approximate surface area is 180 Å². The molecule has 30 heavy (non-hydrogen) atoms. The second-order valence-electron chi connectivity index (χ2n) is 7.02. The Morgan fingerprint density at radius 2 is 1.97 bits per heavy atom. The summed E-state index contributed by atoms with van der Waals surface area (Å²) in [6, 6.07) is 1.72. The summed E-state index contributed by atoms with van der Waals surface area (Å²) < 4.78 is 34.1. The molecule has 0 saturated heterocycles. The van der Waals surface area contributed by atoms with Gasteiger partial charge in [-0.25, -0.2) is 13.2 Å². The molecule has 0 unspecified atom stereocenters. The second kappa shape index (κ2) is 8.48. The van der Waals surface area contributed by atoms with E-state index in [2.05, 4.69) is 5.10 Å². The van der Waals surface area contributed by atoms with Crippen molar-refractivity contribution >= 4 is 33.2 Å². The minimum absolute atomic E-state index is 0.00581. The van der Waals surface area contributed by atoms with Gasteiger partial charge in [-0.05, 0) is 25.0 Å². The van der Waals surface area contributed by atoms with Crippen LogP contribution >= 0.6 is 11.3 Å². The molecule has 164 valence electrons. The molecule has 3 rings (SSSR count). The molecule has 0 aromatic carbocycles. The summed E-state index contributed by atoms with van der Waals surface area (Å²) in [7, 11) is -0.888. The second-order valence-corrected chi connectivity index (χ2v) is 10.3. The number of esters is 1. The molecule has 0 bridgehead atoms. The first-order chi connectivity index (χ1) is 14.1. The fraction of sp³-hybridized carbons (Fsp3) is 0.526. The molecule has 0 atom stereocenters. The fourth-order valence-corrected chi connectivity index (χ4v) is 7.19. The molecule has 1 amide bonds. The van der Waals surface area contributed by atoms with E-state index in [0.717, 1.165) is 17.0 Å². The first-order valence-electron chi connectivity index (χ1n) is 9.68. The third-order valence-electron chi connectivity index (χ3n) is 5.20. The minimum Gasteiger partial charge on any atom is -0.465 e. The summed E-state index contributed by atoms with van der Waals surface area (Å²) in [6.07, 6.45) is 0.382. The molecule has 0 aliphatic carbocycles. The number of hydrogen-bond donors (Lipinski definition) is 0. The molecule has 0 fully saturated rings. The number of nitrogens with zero attached hydrogens (tertiary/aromatic N) is 4. The van der Waals surface area contributed by atoms with Crippen LogP contribution in [0.4, 0.5) is 0 Å². The summed E-state index contributed by atoms with van der Waals surface area (Å²) in [5, 5.41) is 4.22. The SMILES string of the molecule is CCN(CC)S(=O)(=O)c1sc2c(c1C(=O)OC)CCN(C(=O)c1cc(C)nn1C)C2. The zero-order chi connectivity index (χ0) is 22.2. The first-order valence-corrected chi connectivity index (χ1v) is 11.9. The van der Waals surface area contributed by atoms with E-state index in [1.54, 1.807) is 31.9 Å². The van der Waals surface area contributed by atoms with Gasteiger partial charge in [-0.1, -0.05) is 13.8 Å². The van der Waals surface area contributed by atoms with Gasteiger partial charge in [-0.2, -0.15) is 9.40 Å². The van der Waals surface area contributed by atoms with Crippen molar-refractivity contribution in [2.75, 3.05) is 26.7 Å². The summed E-state index contributed by atoms with van der Waals surface area (Å²) in [5.41, 5.74) is 1.97.